The Kier molecular flexibility index (Phi) is 5.24. The predicted molar refractivity (Wildman–Crippen MR) is 88.9 cm³/mol. The smallest absolute Gasteiger partial charge is 0.260 e. The molecule has 2 saturated heterocycles. The lowest BCUT2D eigenvalue weighted by molar-refractivity contribution is -0.187. The number of hydrogen-bond donors (Lipinski definition) is 0. The Morgan fingerprint density at radius 2 is 1.84 bits per heavy atom. The van der Waals surface area contributed by atoms with Gasteiger partial charge in [0.05, 0.1) is 20.3 Å². The van der Waals surface area contributed by atoms with E-state index in [0.29, 0.717) is 56.2 Å². The molecule has 1 aromatic rings. The monoisotopic (exact) mass is 349 g/mol. The summed E-state index contributed by atoms with van der Waals surface area (Å²) in [5, 5.41) is 0. The number of methoxy groups -OCH3 is 1. The Bertz CT molecular complexity index is 643. The maximum Gasteiger partial charge on any atom is 0.260 e. The van der Waals surface area contributed by atoms with Gasteiger partial charge >= 0.3 is 0 Å². The topological polar surface area (TPSA) is 74.3 Å². The van der Waals surface area contributed by atoms with E-state index < -0.39 is 5.79 Å². The number of benzene rings is 1. The third-order valence-electron chi connectivity index (χ3n) is 4.61. The first-order valence-corrected chi connectivity index (χ1v) is 8.40. The van der Waals surface area contributed by atoms with Crippen molar-refractivity contribution in [1.82, 2.24) is 4.90 Å². The fourth-order valence-electron chi connectivity index (χ4n) is 3.12. The molecule has 2 heterocycles. The summed E-state index contributed by atoms with van der Waals surface area (Å²) in [5.74, 6) is 0.233. The highest BCUT2D eigenvalue weighted by molar-refractivity contribution is 5.94. The Labute approximate surface area is 146 Å². The lowest BCUT2D eigenvalue weighted by atomic mass is 10.0. The molecule has 7 heteroatoms. The maximum absolute atomic E-state index is 12.4. The number of hydrogen-bond acceptors (Lipinski definition) is 6. The van der Waals surface area contributed by atoms with Crippen molar-refractivity contribution in [1.29, 1.82) is 0 Å². The second kappa shape index (κ2) is 7.41. The number of rotatable bonds is 5. The molecule has 1 spiro atoms. The first-order valence-electron chi connectivity index (χ1n) is 8.40. The Balaban J connectivity index is 1.55. The standard InChI is InChI=1S/C18H23NO6/c1-13(20)14-3-4-15(16(11-14)22-2)23-12-17(21)19-7-5-18(6-8-19)24-9-10-25-18/h3-4,11H,5-10,12H2,1-2H3. The summed E-state index contributed by atoms with van der Waals surface area (Å²) < 4.78 is 22.2. The van der Waals surface area contributed by atoms with Crippen molar-refractivity contribution in [2.45, 2.75) is 25.6 Å². The van der Waals surface area contributed by atoms with E-state index in [-0.39, 0.29) is 18.3 Å². The Hall–Kier alpha value is -2.12. The lowest BCUT2D eigenvalue weighted by Gasteiger charge is -2.37. The predicted octanol–water partition coefficient (Wildman–Crippen LogP) is 1.64. The molecule has 136 valence electrons. The van der Waals surface area contributed by atoms with Crippen LogP contribution in [0.5, 0.6) is 11.5 Å². The van der Waals surface area contributed by atoms with Crippen LogP contribution in [0.15, 0.2) is 18.2 Å². The summed E-state index contributed by atoms with van der Waals surface area (Å²) in [5.41, 5.74) is 0.536. The Morgan fingerprint density at radius 3 is 2.44 bits per heavy atom. The second-order valence-electron chi connectivity index (χ2n) is 6.20. The van der Waals surface area contributed by atoms with Gasteiger partial charge in [0, 0.05) is 31.5 Å². The molecule has 0 aliphatic carbocycles. The molecule has 0 N–H and O–H groups in total. The minimum atomic E-state index is -0.497. The van der Waals surface area contributed by atoms with Gasteiger partial charge in [0.15, 0.2) is 29.7 Å². The van der Waals surface area contributed by atoms with Gasteiger partial charge < -0.3 is 23.8 Å². The molecule has 1 amide bonds. The summed E-state index contributed by atoms with van der Waals surface area (Å²) in [6.07, 6.45) is 1.35. The molecule has 1 aromatic carbocycles. The van der Waals surface area contributed by atoms with Crippen LogP contribution >= 0.6 is 0 Å². The van der Waals surface area contributed by atoms with Gasteiger partial charge in [0.2, 0.25) is 0 Å². The number of likely N-dealkylation sites (tertiary alicyclic amines) is 1. The average molecular weight is 349 g/mol. The zero-order valence-corrected chi connectivity index (χ0v) is 14.6. The highest BCUT2D eigenvalue weighted by Gasteiger charge is 2.40. The number of ketones is 1. The SMILES string of the molecule is COc1cc(C(C)=O)ccc1OCC(=O)N1CCC2(CC1)OCCO2. The number of carbonyl (C=O) groups excluding carboxylic acids is 2. The Morgan fingerprint density at radius 1 is 1.16 bits per heavy atom. The first kappa shape index (κ1) is 17.7. The molecule has 0 saturated carbocycles. The molecular formula is C18H23NO6. The van der Waals surface area contributed by atoms with Gasteiger partial charge in [-0.05, 0) is 25.1 Å². The summed E-state index contributed by atoms with van der Waals surface area (Å²) in [6.45, 7) is 3.82. The van der Waals surface area contributed by atoms with Crippen LogP contribution in [0.4, 0.5) is 0 Å². The van der Waals surface area contributed by atoms with Crippen molar-refractivity contribution < 1.29 is 28.5 Å². The molecule has 2 aliphatic heterocycles. The van der Waals surface area contributed by atoms with Crippen molar-refractivity contribution in [2.75, 3.05) is 40.0 Å². The van der Waals surface area contributed by atoms with Crippen LogP contribution in [0.2, 0.25) is 0 Å². The van der Waals surface area contributed by atoms with Gasteiger partial charge in [-0.15, -0.1) is 0 Å². The van der Waals surface area contributed by atoms with E-state index in [1.54, 1.807) is 23.1 Å². The maximum atomic E-state index is 12.4. The number of piperidine rings is 1. The first-order chi connectivity index (χ1) is 12.0. The van der Waals surface area contributed by atoms with E-state index in [9.17, 15) is 9.59 Å². The average Bonchev–Trinajstić information content (AvgIpc) is 3.08. The fraction of sp³-hybridized carbons (Fsp3) is 0.556. The minimum Gasteiger partial charge on any atom is -0.493 e. The summed E-state index contributed by atoms with van der Waals surface area (Å²) in [6, 6.07) is 4.92. The van der Waals surface area contributed by atoms with E-state index in [0.717, 1.165) is 0 Å². The number of ether oxygens (including phenoxy) is 4. The molecule has 25 heavy (non-hydrogen) atoms. The summed E-state index contributed by atoms with van der Waals surface area (Å²) in [4.78, 5) is 25.6. The van der Waals surface area contributed by atoms with Gasteiger partial charge in [-0.25, -0.2) is 0 Å². The van der Waals surface area contributed by atoms with Crippen molar-refractivity contribution in [2.24, 2.45) is 0 Å². The molecule has 3 rings (SSSR count). The third kappa shape index (κ3) is 3.93. The van der Waals surface area contributed by atoms with Crippen molar-refractivity contribution in [3.8, 4) is 11.5 Å². The van der Waals surface area contributed by atoms with Gasteiger partial charge in [0.25, 0.3) is 5.91 Å². The summed E-state index contributed by atoms with van der Waals surface area (Å²) >= 11 is 0. The van der Waals surface area contributed by atoms with Crippen LogP contribution < -0.4 is 9.47 Å². The molecule has 0 unspecified atom stereocenters. The van der Waals surface area contributed by atoms with Crippen LogP contribution in [-0.4, -0.2) is 62.4 Å². The molecule has 0 radical (unpaired) electrons. The molecular weight excluding hydrogens is 326 g/mol. The van der Waals surface area contributed by atoms with E-state index in [1.807, 2.05) is 0 Å². The largest absolute Gasteiger partial charge is 0.493 e. The minimum absolute atomic E-state index is 0.0560. The molecule has 7 nitrogen and oxygen atoms in total. The van der Waals surface area contributed by atoms with Crippen molar-refractivity contribution in [3.63, 3.8) is 0 Å². The highest BCUT2D eigenvalue weighted by atomic mass is 16.7. The number of amides is 1. The van der Waals surface area contributed by atoms with E-state index >= 15 is 0 Å². The number of Topliss-reactive ketones (excluding diaryl/α,β-unsaturated/α-hetero) is 1. The number of carbonyl (C=O) groups is 2. The summed E-state index contributed by atoms with van der Waals surface area (Å²) in [7, 11) is 1.50. The molecule has 0 atom stereocenters. The van der Waals surface area contributed by atoms with Gasteiger partial charge in [-0.3, -0.25) is 9.59 Å². The molecule has 0 aromatic heterocycles. The normalized spacial score (nSPS) is 19.0. The van der Waals surface area contributed by atoms with Crippen molar-refractivity contribution >= 4 is 11.7 Å². The second-order valence-corrected chi connectivity index (χ2v) is 6.20. The molecule has 2 aliphatic rings. The van der Waals surface area contributed by atoms with Crippen molar-refractivity contribution in [3.05, 3.63) is 23.8 Å². The lowest BCUT2D eigenvalue weighted by Crippen LogP contribution is -2.48. The highest BCUT2D eigenvalue weighted by Crippen LogP contribution is 2.32. The van der Waals surface area contributed by atoms with Crippen LogP contribution in [0, 0.1) is 0 Å². The van der Waals surface area contributed by atoms with E-state index in [4.69, 9.17) is 18.9 Å². The van der Waals surface area contributed by atoms with Crippen LogP contribution in [0.1, 0.15) is 30.1 Å². The molecule has 0 bridgehead atoms. The van der Waals surface area contributed by atoms with Crippen LogP contribution in [0.3, 0.4) is 0 Å². The van der Waals surface area contributed by atoms with Gasteiger partial charge in [-0.1, -0.05) is 0 Å². The fourth-order valence-corrected chi connectivity index (χ4v) is 3.12. The quantitative estimate of drug-likeness (QED) is 0.753. The van der Waals surface area contributed by atoms with Gasteiger partial charge in [-0.2, -0.15) is 0 Å². The van der Waals surface area contributed by atoms with E-state index in [1.165, 1.54) is 14.0 Å². The zero-order chi connectivity index (χ0) is 17.9. The number of nitrogens with zero attached hydrogens (tertiary/aromatic N) is 1. The van der Waals surface area contributed by atoms with Crippen LogP contribution in [-0.2, 0) is 14.3 Å². The van der Waals surface area contributed by atoms with Crippen LogP contribution in [0.25, 0.3) is 0 Å². The molecule has 2 fully saturated rings. The third-order valence-corrected chi connectivity index (χ3v) is 4.61. The van der Waals surface area contributed by atoms with Gasteiger partial charge in [0.1, 0.15) is 0 Å². The van der Waals surface area contributed by atoms with E-state index in [2.05, 4.69) is 0 Å². The zero-order valence-electron chi connectivity index (χ0n) is 14.6.